The summed E-state index contributed by atoms with van der Waals surface area (Å²) in [6.45, 7) is 0. The molecular formula is C21H21ClN4O2. The number of benzene rings is 2. The molecule has 0 fully saturated rings. The van der Waals surface area contributed by atoms with E-state index in [1.165, 1.54) is 7.11 Å². The van der Waals surface area contributed by atoms with Gasteiger partial charge in [0.2, 0.25) is 0 Å². The number of hydrogen-bond acceptors (Lipinski definition) is 5. The number of nitrogens with zero attached hydrogens (tertiary/aromatic N) is 2. The molecule has 28 heavy (non-hydrogen) atoms. The van der Waals surface area contributed by atoms with E-state index in [4.69, 9.17) is 16.3 Å². The molecule has 0 bridgehead atoms. The molecule has 1 amide bonds. The lowest BCUT2D eigenvalue weighted by molar-refractivity contribution is 0.102. The first-order chi connectivity index (χ1) is 13.5. The van der Waals surface area contributed by atoms with Crippen LogP contribution >= 0.6 is 11.6 Å². The molecule has 0 saturated heterocycles. The zero-order chi connectivity index (χ0) is 20.1. The van der Waals surface area contributed by atoms with Crippen LogP contribution in [0.1, 0.15) is 10.4 Å². The summed E-state index contributed by atoms with van der Waals surface area (Å²) in [5.74, 6) is 0.823. The Kier molecular flexibility index (Phi) is 6.01. The van der Waals surface area contributed by atoms with E-state index in [0.717, 1.165) is 11.4 Å². The molecule has 7 heteroatoms. The van der Waals surface area contributed by atoms with Crippen molar-refractivity contribution in [3.8, 4) is 5.75 Å². The number of nitrogens with one attached hydrogen (secondary N) is 2. The van der Waals surface area contributed by atoms with Gasteiger partial charge >= 0.3 is 0 Å². The van der Waals surface area contributed by atoms with Crippen LogP contribution in [0.5, 0.6) is 5.75 Å². The molecule has 0 saturated carbocycles. The predicted octanol–water partition coefficient (Wildman–Crippen LogP) is 4.81. The molecule has 0 aliphatic rings. The van der Waals surface area contributed by atoms with Gasteiger partial charge in [0.1, 0.15) is 11.6 Å². The molecule has 0 aliphatic heterocycles. The Labute approximate surface area is 169 Å². The van der Waals surface area contributed by atoms with Crippen LogP contribution in [0.2, 0.25) is 5.02 Å². The quantitative estimate of drug-likeness (QED) is 0.626. The lowest BCUT2D eigenvalue weighted by atomic mass is 10.2. The smallest absolute Gasteiger partial charge is 0.255 e. The van der Waals surface area contributed by atoms with E-state index in [2.05, 4.69) is 15.6 Å². The van der Waals surface area contributed by atoms with Gasteiger partial charge in [0, 0.05) is 42.3 Å². The number of amides is 1. The zero-order valence-corrected chi connectivity index (χ0v) is 16.6. The Morgan fingerprint density at radius 3 is 2.50 bits per heavy atom. The van der Waals surface area contributed by atoms with Crippen molar-refractivity contribution in [2.24, 2.45) is 0 Å². The highest BCUT2D eigenvalue weighted by Gasteiger charge is 2.11. The molecule has 144 valence electrons. The van der Waals surface area contributed by atoms with Gasteiger partial charge in [-0.1, -0.05) is 11.6 Å². The first-order valence-electron chi connectivity index (χ1n) is 8.61. The van der Waals surface area contributed by atoms with E-state index in [-0.39, 0.29) is 5.91 Å². The number of pyridine rings is 1. The summed E-state index contributed by atoms with van der Waals surface area (Å²) in [5.41, 5.74) is 2.95. The van der Waals surface area contributed by atoms with Crippen LogP contribution in [0.3, 0.4) is 0 Å². The van der Waals surface area contributed by atoms with Gasteiger partial charge in [0.05, 0.1) is 12.8 Å². The first-order valence-corrected chi connectivity index (χ1v) is 8.99. The van der Waals surface area contributed by atoms with Gasteiger partial charge in [0.15, 0.2) is 0 Å². The van der Waals surface area contributed by atoms with Crippen molar-refractivity contribution in [2.75, 3.05) is 36.7 Å². The number of rotatable bonds is 6. The Morgan fingerprint density at radius 1 is 1.07 bits per heavy atom. The lowest BCUT2D eigenvalue weighted by Crippen LogP contribution is -2.13. The van der Waals surface area contributed by atoms with E-state index in [9.17, 15) is 4.79 Å². The highest BCUT2D eigenvalue weighted by atomic mass is 35.5. The molecule has 3 rings (SSSR count). The Bertz CT molecular complexity index is 974. The molecule has 3 aromatic rings. The molecule has 0 radical (unpaired) electrons. The molecule has 1 aromatic heterocycles. The van der Waals surface area contributed by atoms with Gasteiger partial charge in [-0.15, -0.1) is 0 Å². The molecule has 1 heterocycles. The average molecular weight is 397 g/mol. The minimum atomic E-state index is -0.283. The molecule has 0 unspecified atom stereocenters. The van der Waals surface area contributed by atoms with Crippen LogP contribution < -0.4 is 20.3 Å². The fraction of sp³-hybridized carbons (Fsp3) is 0.143. The Morgan fingerprint density at radius 2 is 1.82 bits per heavy atom. The standard InChI is InChI=1S/C21H21ClN4O2/c1-26(2)17-7-5-16(6-8-17)24-20-12-14(10-11-23-20)21(27)25-18-13-15(22)4-9-19(18)28-3/h4-13H,1-3H3,(H,23,24)(H,25,27). The largest absolute Gasteiger partial charge is 0.495 e. The first kappa shape index (κ1) is 19.5. The maximum atomic E-state index is 12.6. The Hall–Kier alpha value is -3.25. The van der Waals surface area contributed by atoms with Gasteiger partial charge in [-0.2, -0.15) is 0 Å². The van der Waals surface area contributed by atoms with Crippen LogP contribution in [-0.4, -0.2) is 32.1 Å². The fourth-order valence-corrected chi connectivity index (χ4v) is 2.78. The molecule has 2 aromatic carbocycles. The third kappa shape index (κ3) is 4.72. The monoisotopic (exact) mass is 396 g/mol. The number of aromatic nitrogens is 1. The van der Waals surface area contributed by atoms with Crippen LogP contribution in [0.25, 0.3) is 0 Å². The number of carbonyl (C=O) groups is 1. The van der Waals surface area contributed by atoms with Crippen molar-refractivity contribution >= 4 is 40.4 Å². The zero-order valence-electron chi connectivity index (χ0n) is 15.9. The minimum absolute atomic E-state index is 0.283. The van der Waals surface area contributed by atoms with Gasteiger partial charge in [0.25, 0.3) is 5.91 Å². The van der Waals surface area contributed by atoms with Gasteiger partial charge in [-0.3, -0.25) is 4.79 Å². The van der Waals surface area contributed by atoms with Gasteiger partial charge in [-0.05, 0) is 54.6 Å². The summed E-state index contributed by atoms with van der Waals surface area (Å²) in [5, 5.41) is 6.53. The second-order valence-electron chi connectivity index (χ2n) is 6.29. The topological polar surface area (TPSA) is 66.5 Å². The number of methoxy groups -OCH3 is 1. The maximum Gasteiger partial charge on any atom is 0.255 e. The van der Waals surface area contributed by atoms with E-state index in [1.54, 1.807) is 36.5 Å². The molecule has 6 nitrogen and oxygen atoms in total. The maximum absolute atomic E-state index is 12.6. The normalized spacial score (nSPS) is 10.3. The number of halogens is 1. The van der Waals surface area contributed by atoms with Crippen LogP contribution in [-0.2, 0) is 0 Å². The highest BCUT2D eigenvalue weighted by molar-refractivity contribution is 6.31. The number of ether oxygens (including phenoxy) is 1. The SMILES string of the molecule is COc1ccc(Cl)cc1NC(=O)c1ccnc(Nc2ccc(N(C)C)cc2)c1. The molecule has 2 N–H and O–H groups in total. The van der Waals surface area contributed by atoms with Crippen molar-refractivity contribution in [2.45, 2.75) is 0 Å². The summed E-state index contributed by atoms with van der Waals surface area (Å²) in [7, 11) is 5.51. The second-order valence-corrected chi connectivity index (χ2v) is 6.73. The van der Waals surface area contributed by atoms with Crippen molar-refractivity contribution in [3.63, 3.8) is 0 Å². The van der Waals surface area contributed by atoms with Crippen LogP contribution in [0, 0.1) is 0 Å². The number of hydrogen-bond donors (Lipinski definition) is 2. The Balaban J connectivity index is 1.75. The fourth-order valence-electron chi connectivity index (χ4n) is 2.60. The molecule has 0 spiro atoms. The van der Waals surface area contributed by atoms with Crippen molar-refractivity contribution in [1.82, 2.24) is 4.98 Å². The summed E-state index contributed by atoms with van der Waals surface area (Å²) in [4.78, 5) is 19.0. The van der Waals surface area contributed by atoms with Crippen molar-refractivity contribution < 1.29 is 9.53 Å². The van der Waals surface area contributed by atoms with E-state index < -0.39 is 0 Å². The number of anilines is 4. The van der Waals surface area contributed by atoms with Gasteiger partial charge in [-0.25, -0.2) is 4.98 Å². The summed E-state index contributed by atoms with van der Waals surface area (Å²) in [6.07, 6.45) is 1.58. The van der Waals surface area contributed by atoms with Crippen molar-refractivity contribution in [1.29, 1.82) is 0 Å². The lowest BCUT2D eigenvalue weighted by Gasteiger charge is -2.13. The molecule has 0 aliphatic carbocycles. The van der Waals surface area contributed by atoms with E-state index in [0.29, 0.717) is 27.8 Å². The van der Waals surface area contributed by atoms with Crippen LogP contribution in [0.4, 0.5) is 22.9 Å². The molecule has 0 atom stereocenters. The highest BCUT2D eigenvalue weighted by Crippen LogP contribution is 2.28. The third-order valence-corrected chi connectivity index (χ3v) is 4.32. The average Bonchev–Trinajstić information content (AvgIpc) is 2.69. The van der Waals surface area contributed by atoms with E-state index in [1.807, 2.05) is 43.3 Å². The minimum Gasteiger partial charge on any atom is -0.495 e. The summed E-state index contributed by atoms with van der Waals surface area (Å²) < 4.78 is 5.26. The van der Waals surface area contributed by atoms with Gasteiger partial charge < -0.3 is 20.3 Å². The number of carbonyl (C=O) groups excluding carboxylic acids is 1. The third-order valence-electron chi connectivity index (χ3n) is 4.09. The second kappa shape index (κ2) is 8.63. The van der Waals surface area contributed by atoms with E-state index >= 15 is 0 Å². The van der Waals surface area contributed by atoms with Crippen molar-refractivity contribution in [3.05, 3.63) is 71.4 Å². The molecular weight excluding hydrogens is 376 g/mol. The van der Waals surface area contributed by atoms with Crippen LogP contribution in [0.15, 0.2) is 60.8 Å². The summed E-state index contributed by atoms with van der Waals surface area (Å²) in [6, 6.07) is 16.3. The summed E-state index contributed by atoms with van der Waals surface area (Å²) >= 11 is 6.02. The predicted molar refractivity (Wildman–Crippen MR) is 114 cm³/mol.